The molecule has 28 heavy (non-hydrogen) atoms. The molecule has 3 rings (SSSR count). The van der Waals surface area contributed by atoms with Gasteiger partial charge in [0.1, 0.15) is 17.6 Å². The average molecular weight is 415 g/mol. The smallest absolute Gasteiger partial charge is 0.231 e. The Morgan fingerprint density at radius 1 is 0.964 bits per heavy atom. The quantitative estimate of drug-likeness (QED) is 0.322. The summed E-state index contributed by atoms with van der Waals surface area (Å²) in [4.78, 5) is 8.79. The monoisotopic (exact) mass is 414 g/mol. The third-order valence-corrected chi connectivity index (χ3v) is 6.39. The van der Waals surface area contributed by atoms with E-state index in [2.05, 4.69) is 23.6 Å². The van der Waals surface area contributed by atoms with Crippen LogP contribution in [0.2, 0.25) is 0 Å². The zero-order valence-electron chi connectivity index (χ0n) is 17.2. The first-order valence-electron chi connectivity index (χ1n) is 10.3. The molecule has 2 aliphatic heterocycles. The van der Waals surface area contributed by atoms with Crippen LogP contribution in [0.3, 0.4) is 0 Å². The van der Waals surface area contributed by atoms with Crippen molar-refractivity contribution in [2.45, 2.75) is 64.0 Å². The lowest BCUT2D eigenvalue weighted by molar-refractivity contribution is -0.373. The van der Waals surface area contributed by atoms with Crippen molar-refractivity contribution in [3.8, 4) is 11.5 Å². The summed E-state index contributed by atoms with van der Waals surface area (Å²) in [6.45, 7) is 6.10. The van der Waals surface area contributed by atoms with Crippen molar-refractivity contribution < 1.29 is 28.5 Å². The van der Waals surface area contributed by atoms with Gasteiger partial charge in [0.2, 0.25) is 6.79 Å². The van der Waals surface area contributed by atoms with Crippen LogP contribution >= 0.6 is 0 Å². The van der Waals surface area contributed by atoms with E-state index in [-0.39, 0.29) is 12.0 Å². The van der Waals surface area contributed by atoms with Gasteiger partial charge >= 0.3 is 0 Å². The predicted octanol–water partition coefficient (Wildman–Crippen LogP) is 4.38. The van der Waals surface area contributed by atoms with Crippen molar-refractivity contribution in [1.82, 2.24) is 0 Å². The van der Waals surface area contributed by atoms with E-state index in [4.69, 9.17) is 14.2 Å². The number of hydrogen-bond donors (Lipinski definition) is 0. The molecule has 0 spiro atoms. The largest absolute Gasteiger partial charge is 0.616 e. The number of unbranched alkanes of at least 4 members (excludes halogenated alkanes) is 5. The van der Waals surface area contributed by atoms with Gasteiger partial charge in [0, 0.05) is 6.42 Å². The maximum absolute atomic E-state index is 12.3. The Balaban J connectivity index is 0.000000397. The summed E-state index contributed by atoms with van der Waals surface area (Å²) in [6.07, 6.45) is 8.32. The van der Waals surface area contributed by atoms with Crippen LogP contribution in [0.1, 0.15) is 57.9 Å². The van der Waals surface area contributed by atoms with Crippen LogP contribution < -0.4 is 9.47 Å². The lowest BCUT2D eigenvalue weighted by atomic mass is 10.1. The number of benzene rings is 1. The maximum atomic E-state index is 12.3. The summed E-state index contributed by atoms with van der Waals surface area (Å²) in [7, 11) is 0. The van der Waals surface area contributed by atoms with Gasteiger partial charge in [-0.2, -0.15) is 0 Å². The van der Waals surface area contributed by atoms with Gasteiger partial charge in [-0.05, 0) is 37.5 Å². The summed E-state index contributed by atoms with van der Waals surface area (Å²) < 4.78 is 27.8. The molecule has 0 amide bonds. The van der Waals surface area contributed by atoms with Crippen molar-refractivity contribution in [3.63, 3.8) is 0 Å². The van der Waals surface area contributed by atoms with Crippen LogP contribution in [-0.2, 0) is 32.1 Å². The Morgan fingerprint density at radius 3 is 2.43 bits per heavy atom. The fraction of sp³-hybridized carbons (Fsp3) is 0.714. The highest BCUT2D eigenvalue weighted by molar-refractivity contribution is 7.91. The normalized spacial score (nSPS) is 17.5. The van der Waals surface area contributed by atoms with Gasteiger partial charge in [-0.15, -0.1) is 0 Å². The zero-order valence-corrected chi connectivity index (χ0v) is 18.0. The topological polar surface area (TPSA) is 69.2 Å². The molecule has 1 fully saturated rings. The molecule has 2 aliphatic rings. The molecule has 0 saturated carbocycles. The van der Waals surface area contributed by atoms with Crippen LogP contribution in [0, 0.1) is 0 Å². The molecule has 0 aromatic heterocycles. The molecule has 160 valence electrons. The molecule has 6 nitrogen and oxygen atoms in total. The number of ether oxygens (including phenoxy) is 3. The van der Waals surface area contributed by atoms with Gasteiger partial charge in [0.25, 0.3) is 0 Å². The fourth-order valence-corrected chi connectivity index (χ4v) is 4.27. The van der Waals surface area contributed by atoms with Crippen LogP contribution in [0.4, 0.5) is 0 Å². The molecule has 1 aromatic rings. The van der Waals surface area contributed by atoms with E-state index in [9.17, 15) is 4.55 Å². The van der Waals surface area contributed by atoms with E-state index in [0.717, 1.165) is 30.1 Å². The van der Waals surface area contributed by atoms with Crippen molar-refractivity contribution in [2.24, 2.45) is 0 Å². The van der Waals surface area contributed by atoms with Gasteiger partial charge in [-0.1, -0.05) is 49.8 Å². The Morgan fingerprint density at radius 2 is 1.75 bits per heavy atom. The summed E-state index contributed by atoms with van der Waals surface area (Å²) >= 11 is -0.743. The maximum Gasteiger partial charge on any atom is 0.231 e. The molecule has 1 aromatic carbocycles. The Kier molecular flexibility index (Phi) is 11.7. The SMILES string of the molecule is C1COOCO1.CCCCCCCC[S+]([O-])C(C)Cc1ccc2c(c1)OCO2. The van der Waals surface area contributed by atoms with Gasteiger partial charge in [-0.25, -0.2) is 9.78 Å². The Bertz CT molecular complexity index is 526. The van der Waals surface area contributed by atoms with E-state index in [1.165, 1.54) is 37.7 Å². The minimum absolute atomic E-state index is 0.191. The number of fused-ring (bicyclic) bond motifs is 1. The van der Waals surface area contributed by atoms with Crippen LogP contribution in [0.5, 0.6) is 11.5 Å². The summed E-state index contributed by atoms with van der Waals surface area (Å²) in [5.74, 6) is 2.45. The number of rotatable bonds is 10. The molecule has 2 unspecified atom stereocenters. The lowest BCUT2D eigenvalue weighted by Gasteiger charge is -2.18. The molecule has 0 radical (unpaired) electrons. The zero-order chi connectivity index (χ0) is 20.0. The molecule has 0 N–H and O–H groups in total. The van der Waals surface area contributed by atoms with Gasteiger partial charge in [0.05, 0.1) is 6.61 Å². The van der Waals surface area contributed by atoms with E-state index < -0.39 is 11.2 Å². The molecule has 2 atom stereocenters. The van der Waals surface area contributed by atoms with Crippen molar-refractivity contribution in [3.05, 3.63) is 23.8 Å². The van der Waals surface area contributed by atoms with Crippen molar-refractivity contribution in [1.29, 1.82) is 0 Å². The highest BCUT2D eigenvalue weighted by Gasteiger charge is 2.19. The molecule has 2 heterocycles. The highest BCUT2D eigenvalue weighted by Crippen LogP contribution is 2.33. The van der Waals surface area contributed by atoms with Gasteiger partial charge in [0.15, 0.2) is 18.3 Å². The average Bonchev–Trinajstić information content (AvgIpc) is 3.20. The van der Waals surface area contributed by atoms with Crippen LogP contribution in [0.15, 0.2) is 18.2 Å². The van der Waals surface area contributed by atoms with Crippen molar-refractivity contribution in [2.75, 3.05) is 32.6 Å². The van der Waals surface area contributed by atoms with Gasteiger partial charge in [-0.3, -0.25) is 0 Å². The van der Waals surface area contributed by atoms with Crippen LogP contribution in [-0.4, -0.2) is 42.4 Å². The molecular weight excluding hydrogens is 380 g/mol. The summed E-state index contributed by atoms with van der Waals surface area (Å²) in [5.41, 5.74) is 1.17. The second-order valence-corrected chi connectivity index (χ2v) is 9.00. The third-order valence-electron chi connectivity index (χ3n) is 4.63. The predicted molar refractivity (Wildman–Crippen MR) is 110 cm³/mol. The second kappa shape index (κ2) is 14.1. The van der Waals surface area contributed by atoms with E-state index in [1.54, 1.807) is 0 Å². The first-order chi connectivity index (χ1) is 13.7. The fourth-order valence-electron chi connectivity index (χ4n) is 3.00. The van der Waals surface area contributed by atoms with Gasteiger partial charge < -0.3 is 18.8 Å². The lowest BCUT2D eigenvalue weighted by Crippen LogP contribution is -2.23. The van der Waals surface area contributed by atoms with Crippen LogP contribution in [0.25, 0.3) is 0 Å². The first-order valence-corrected chi connectivity index (χ1v) is 11.7. The minimum atomic E-state index is -0.743. The molecular formula is C21H34O6S. The minimum Gasteiger partial charge on any atom is -0.616 e. The van der Waals surface area contributed by atoms with E-state index in [0.29, 0.717) is 20.0 Å². The second-order valence-electron chi connectivity index (χ2n) is 7.02. The molecule has 0 bridgehead atoms. The summed E-state index contributed by atoms with van der Waals surface area (Å²) in [6, 6.07) is 6.01. The Hall–Kier alpha value is -0.990. The molecule has 0 aliphatic carbocycles. The van der Waals surface area contributed by atoms with Crippen molar-refractivity contribution >= 4 is 11.2 Å². The first kappa shape index (κ1) is 23.3. The molecule has 7 heteroatoms. The van der Waals surface area contributed by atoms with E-state index in [1.807, 2.05) is 18.2 Å². The van der Waals surface area contributed by atoms with E-state index >= 15 is 0 Å². The molecule has 1 saturated heterocycles. The Labute approximate surface area is 171 Å². The summed E-state index contributed by atoms with van der Waals surface area (Å²) in [5, 5.41) is 0.191. The highest BCUT2D eigenvalue weighted by atomic mass is 32.2. The number of hydrogen-bond acceptors (Lipinski definition) is 6. The third kappa shape index (κ3) is 9.01. The standard InChI is InChI=1S/C18H28O3S.C3H6O3/c1-3-4-5-6-7-8-11-22(19)15(2)12-16-9-10-17-18(13-16)21-14-20-17;1-2-5-6-3-4-1/h9-10,13,15H,3-8,11-12,14H2,1-2H3;1-3H2.